The Morgan fingerprint density at radius 2 is 1.94 bits per heavy atom. The maximum atomic E-state index is 12.4. The number of ketones is 1. The molecule has 0 saturated heterocycles. The molecule has 3 heteroatoms. The second kappa shape index (κ2) is 2.35. The first kappa shape index (κ1) is 8.82. The van der Waals surface area contributed by atoms with E-state index in [1.807, 2.05) is 18.2 Å². The molecule has 4 rings (SSSR count). The normalized spacial score (nSPS) is 28.1. The summed E-state index contributed by atoms with van der Waals surface area (Å²) in [5.74, 6) is -0.0368. The molecule has 3 aliphatic carbocycles. The zero-order valence-electron chi connectivity index (χ0n) is 8.77. The molecule has 82 valence electrons. The van der Waals surface area contributed by atoms with Crippen molar-refractivity contribution in [2.24, 2.45) is 0 Å². The van der Waals surface area contributed by atoms with Crippen molar-refractivity contribution in [1.82, 2.24) is 0 Å². The fourth-order valence-electron chi connectivity index (χ4n) is 3.10. The maximum Gasteiger partial charge on any atom is 0.182 e. The van der Waals surface area contributed by atoms with Gasteiger partial charge in [-0.3, -0.25) is 4.79 Å². The van der Waals surface area contributed by atoms with Crippen LogP contribution in [0.2, 0.25) is 0 Å². The third-order valence-corrected chi connectivity index (χ3v) is 3.83. The minimum Gasteiger partial charge on any atom is -0.507 e. The summed E-state index contributed by atoms with van der Waals surface area (Å²) < 4.78 is 0. The lowest BCUT2D eigenvalue weighted by Gasteiger charge is -2.44. The first-order chi connectivity index (χ1) is 8.17. The zero-order valence-corrected chi connectivity index (χ0v) is 8.77. The van der Waals surface area contributed by atoms with E-state index in [0.29, 0.717) is 16.7 Å². The summed E-state index contributed by atoms with van der Waals surface area (Å²) in [5.41, 5.74) is 1.48. The second-order valence-corrected chi connectivity index (χ2v) is 4.52. The molecule has 1 atom stereocenters. The number of Topliss-reactive ketones (excluding diaryl/α,β-unsaturated/α-hetero) is 1. The molecule has 1 aromatic carbocycles. The van der Waals surface area contributed by atoms with Crippen LogP contribution in [0.5, 0.6) is 0 Å². The van der Waals surface area contributed by atoms with Crippen LogP contribution >= 0.6 is 0 Å². The highest BCUT2D eigenvalue weighted by atomic mass is 16.3. The molecule has 17 heavy (non-hydrogen) atoms. The molecular weight excluding hydrogens is 216 g/mol. The largest absolute Gasteiger partial charge is 0.507 e. The lowest BCUT2D eigenvalue weighted by molar-refractivity contribution is 0.0916. The van der Waals surface area contributed by atoms with Gasteiger partial charge in [-0.25, -0.2) is 0 Å². The van der Waals surface area contributed by atoms with E-state index >= 15 is 0 Å². The van der Waals surface area contributed by atoms with Gasteiger partial charge in [-0.15, -0.1) is 0 Å². The molecule has 3 aliphatic rings. The smallest absolute Gasteiger partial charge is 0.182 e. The number of rotatable bonds is 0. The Kier molecular flexibility index (Phi) is 1.22. The molecule has 1 aromatic rings. The van der Waals surface area contributed by atoms with Gasteiger partial charge in [-0.1, -0.05) is 18.2 Å². The lowest BCUT2D eigenvalue weighted by Crippen LogP contribution is -2.47. The highest BCUT2D eigenvalue weighted by Crippen LogP contribution is 2.60. The topological polar surface area (TPSA) is 57.5 Å². The molecule has 0 amide bonds. The quantitative estimate of drug-likeness (QED) is 0.711. The van der Waals surface area contributed by atoms with E-state index in [9.17, 15) is 15.0 Å². The average Bonchev–Trinajstić information content (AvgIpc) is 2.52. The first-order valence-corrected chi connectivity index (χ1v) is 5.38. The summed E-state index contributed by atoms with van der Waals surface area (Å²) in [6, 6.07) is 7.26. The minimum atomic E-state index is -0.929. The number of hydrogen-bond donors (Lipinski definition) is 2. The molecule has 0 radical (unpaired) electrons. The Morgan fingerprint density at radius 3 is 2.59 bits per heavy atom. The van der Waals surface area contributed by atoms with Crippen molar-refractivity contribution in [3.05, 3.63) is 70.2 Å². The van der Waals surface area contributed by atoms with Gasteiger partial charge in [0, 0.05) is 11.1 Å². The monoisotopic (exact) mass is 224 g/mol. The fraction of sp³-hybridized carbons (Fsp3) is 0.0714. The number of aliphatic hydroxyl groups excluding tert-OH is 2. The van der Waals surface area contributed by atoms with Gasteiger partial charge in [0.2, 0.25) is 0 Å². The number of aliphatic hydroxyl groups is 2. The van der Waals surface area contributed by atoms with Gasteiger partial charge in [0.05, 0.1) is 5.57 Å². The summed E-state index contributed by atoms with van der Waals surface area (Å²) in [7, 11) is 0. The van der Waals surface area contributed by atoms with E-state index in [0.717, 1.165) is 5.56 Å². The van der Waals surface area contributed by atoms with Crippen LogP contribution in [0, 0.1) is 0 Å². The van der Waals surface area contributed by atoms with Gasteiger partial charge in [0.1, 0.15) is 16.9 Å². The molecule has 1 unspecified atom stereocenters. The van der Waals surface area contributed by atoms with Crippen LogP contribution in [0.1, 0.15) is 15.9 Å². The van der Waals surface area contributed by atoms with E-state index < -0.39 is 5.41 Å². The van der Waals surface area contributed by atoms with Crippen molar-refractivity contribution >= 4 is 5.78 Å². The van der Waals surface area contributed by atoms with Crippen molar-refractivity contribution in [2.45, 2.75) is 5.41 Å². The lowest BCUT2D eigenvalue weighted by atomic mass is 9.57. The summed E-state index contributed by atoms with van der Waals surface area (Å²) in [6.45, 7) is 0. The third-order valence-electron chi connectivity index (χ3n) is 3.83. The molecule has 0 fully saturated rings. The predicted molar refractivity (Wildman–Crippen MR) is 60.9 cm³/mol. The van der Waals surface area contributed by atoms with Gasteiger partial charge in [-0.2, -0.15) is 0 Å². The molecule has 3 nitrogen and oxygen atoms in total. The second-order valence-electron chi connectivity index (χ2n) is 4.52. The number of fused-ring (bicyclic) bond motifs is 2. The Bertz CT molecular complexity index is 691. The summed E-state index contributed by atoms with van der Waals surface area (Å²) in [6.07, 6.45) is 3.13. The van der Waals surface area contributed by atoms with E-state index in [1.165, 1.54) is 6.08 Å². The van der Waals surface area contributed by atoms with Crippen molar-refractivity contribution in [2.75, 3.05) is 0 Å². The number of carbonyl (C=O) groups is 1. The van der Waals surface area contributed by atoms with Crippen molar-refractivity contribution in [3.63, 3.8) is 0 Å². The fourth-order valence-corrected chi connectivity index (χ4v) is 3.10. The van der Waals surface area contributed by atoms with E-state index in [2.05, 4.69) is 0 Å². The number of hydrogen-bond acceptors (Lipinski definition) is 3. The molecule has 1 spiro atoms. The van der Waals surface area contributed by atoms with Gasteiger partial charge in [0.25, 0.3) is 0 Å². The highest BCUT2D eigenvalue weighted by molar-refractivity contribution is 6.16. The Morgan fingerprint density at radius 1 is 1.12 bits per heavy atom. The van der Waals surface area contributed by atoms with Gasteiger partial charge in [-0.05, 0) is 23.8 Å². The van der Waals surface area contributed by atoms with Gasteiger partial charge >= 0.3 is 0 Å². The van der Waals surface area contributed by atoms with Crippen LogP contribution < -0.4 is 0 Å². The van der Waals surface area contributed by atoms with Crippen molar-refractivity contribution < 1.29 is 15.0 Å². The van der Waals surface area contributed by atoms with E-state index in [4.69, 9.17) is 0 Å². The van der Waals surface area contributed by atoms with Crippen molar-refractivity contribution in [1.29, 1.82) is 0 Å². The molecule has 2 N–H and O–H groups in total. The molecule has 0 aromatic heterocycles. The van der Waals surface area contributed by atoms with Crippen LogP contribution in [-0.2, 0) is 5.41 Å². The third kappa shape index (κ3) is 0.677. The van der Waals surface area contributed by atoms with Crippen LogP contribution in [0.3, 0.4) is 0 Å². The first-order valence-electron chi connectivity index (χ1n) is 5.38. The summed E-state index contributed by atoms with van der Waals surface area (Å²) in [5, 5.41) is 19.7. The van der Waals surface area contributed by atoms with Crippen LogP contribution in [0.25, 0.3) is 0 Å². The van der Waals surface area contributed by atoms with Crippen molar-refractivity contribution in [3.8, 4) is 0 Å². The Hall–Kier alpha value is -2.29. The Balaban J connectivity index is 2.09. The number of benzene rings is 1. The number of allylic oxidation sites excluding steroid dienone is 4. The van der Waals surface area contributed by atoms with Crippen LogP contribution in [0.4, 0.5) is 0 Å². The Labute approximate surface area is 97.0 Å². The van der Waals surface area contributed by atoms with Gasteiger partial charge < -0.3 is 10.2 Å². The minimum absolute atomic E-state index is 0.0201. The standard InChI is InChI=1S/C14H8O3/c15-10-5-4-9-12(16)11(10)14(9)8-3-1-2-7(6-8)13(14)17/h1-6,15-16H. The summed E-state index contributed by atoms with van der Waals surface area (Å²) >= 11 is 0. The molecule has 0 aliphatic heterocycles. The summed E-state index contributed by atoms with van der Waals surface area (Å²) in [4.78, 5) is 12.4. The molecular formula is C14H8O3. The highest BCUT2D eigenvalue weighted by Gasteiger charge is 2.61. The van der Waals surface area contributed by atoms with Crippen LogP contribution in [0.15, 0.2) is 59.1 Å². The molecule has 0 heterocycles. The zero-order chi connectivity index (χ0) is 11.8. The molecule has 4 bridgehead atoms. The van der Waals surface area contributed by atoms with E-state index in [-0.39, 0.29) is 17.3 Å². The number of carbonyl (C=O) groups excluding carboxylic acids is 1. The predicted octanol–water partition coefficient (Wildman–Crippen LogP) is 2.33. The average molecular weight is 224 g/mol. The van der Waals surface area contributed by atoms with E-state index in [1.54, 1.807) is 12.1 Å². The molecule has 0 saturated carbocycles. The maximum absolute atomic E-state index is 12.4. The SMILES string of the molecule is O=C1c2cccc(c2)C12c1ccc(O)c2c1O. The van der Waals surface area contributed by atoms with Gasteiger partial charge in [0.15, 0.2) is 5.78 Å². The van der Waals surface area contributed by atoms with Crippen LogP contribution in [-0.4, -0.2) is 16.0 Å².